The Morgan fingerprint density at radius 3 is 2.50 bits per heavy atom. The van der Waals surface area contributed by atoms with Crippen LogP contribution in [-0.2, 0) is 12.8 Å². The number of hydrogen-bond acceptors (Lipinski definition) is 2. The van der Waals surface area contributed by atoms with Crippen LogP contribution < -0.4 is 5.32 Å². The minimum atomic E-state index is 0.116. The van der Waals surface area contributed by atoms with Crippen molar-refractivity contribution in [3.8, 4) is 0 Å². The third-order valence-corrected chi connectivity index (χ3v) is 5.20. The second kappa shape index (κ2) is 10.2. The van der Waals surface area contributed by atoms with E-state index < -0.39 is 0 Å². The van der Waals surface area contributed by atoms with Crippen molar-refractivity contribution < 1.29 is 4.79 Å². The van der Waals surface area contributed by atoms with Crippen LogP contribution in [0.3, 0.4) is 0 Å². The van der Waals surface area contributed by atoms with Crippen molar-refractivity contribution in [2.45, 2.75) is 52.4 Å². The number of carbonyl (C=O) groups excluding carboxylic acids is 1. The second-order valence-corrected chi connectivity index (χ2v) is 7.50. The summed E-state index contributed by atoms with van der Waals surface area (Å²) >= 11 is 0. The van der Waals surface area contributed by atoms with E-state index in [0.717, 1.165) is 54.7 Å². The normalized spacial score (nSPS) is 11.2. The Balaban J connectivity index is 1.70. The van der Waals surface area contributed by atoms with Crippen LogP contribution in [0.4, 0.5) is 0 Å². The number of pyridine rings is 1. The van der Waals surface area contributed by atoms with Crippen LogP contribution >= 0.6 is 0 Å². The van der Waals surface area contributed by atoms with Crippen molar-refractivity contribution >= 4 is 11.3 Å². The first kappa shape index (κ1) is 20.3. The molecule has 0 saturated carbocycles. The van der Waals surface area contributed by atoms with Gasteiger partial charge in [-0.05, 0) is 74.5 Å². The van der Waals surface area contributed by atoms with Gasteiger partial charge in [0, 0.05) is 17.3 Å². The maximum atomic E-state index is 13.3. The zero-order valence-electron chi connectivity index (χ0n) is 17.2. The van der Waals surface area contributed by atoms with Gasteiger partial charge in [-0.3, -0.25) is 4.79 Å². The summed E-state index contributed by atoms with van der Waals surface area (Å²) in [6, 6.07) is 16.4. The fourth-order valence-electron chi connectivity index (χ4n) is 3.73. The summed E-state index contributed by atoms with van der Waals surface area (Å²) in [7, 11) is 0. The van der Waals surface area contributed by atoms with Crippen LogP contribution in [0.1, 0.15) is 66.7 Å². The van der Waals surface area contributed by atoms with Gasteiger partial charge in [0.25, 0.3) is 0 Å². The number of hydrogen-bond donors (Lipinski definition) is 1. The summed E-state index contributed by atoms with van der Waals surface area (Å²) in [5, 5.41) is 3.44. The lowest BCUT2D eigenvalue weighted by atomic mass is 10.00. The Morgan fingerprint density at radius 2 is 1.75 bits per heavy atom. The molecule has 0 aliphatic rings. The largest absolute Gasteiger partial charge is 0.317 e. The quantitative estimate of drug-likeness (QED) is 0.357. The SMILES string of the molecule is CCCNCCCCc1ccc(C(=O)c2c(CCC)cc3ccccn23)cc1. The molecule has 1 N–H and O–H groups in total. The number of ketones is 1. The van der Waals surface area contributed by atoms with Gasteiger partial charge in [-0.25, -0.2) is 0 Å². The maximum Gasteiger partial charge on any atom is 0.210 e. The number of fused-ring (bicyclic) bond motifs is 1. The Morgan fingerprint density at radius 1 is 0.929 bits per heavy atom. The fourth-order valence-corrected chi connectivity index (χ4v) is 3.73. The fraction of sp³-hybridized carbons (Fsp3) is 0.400. The molecule has 3 aromatic rings. The predicted molar refractivity (Wildman–Crippen MR) is 117 cm³/mol. The average molecular weight is 377 g/mol. The van der Waals surface area contributed by atoms with Crippen molar-refractivity contribution in [3.05, 3.63) is 77.1 Å². The van der Waals surface area contributed by atoms with Gasteiger partial charge in [0.2, 0.25) is 5.78 Å². The van der Waals surface area contributed by atoms with E-state index in [0.29, 0.717) is 0 Å². The lowest BCUT2D eigenvalue weighted by Crippen LogP contribution is -2.15. The smallest absolute Gasteiger partial charge is 0.210 e. The highest BCUT2D eigenvalue weighted by Crippen LogP contribution is 2.22. The molecule has 0 aliphatic carbocycles. The number of aryl methyl sites for hydroxylation is 2. The van der Waals surface area contributed by atoms with Gasteiger partial charge >= 0.3 is 0 Å². The van der Waals surface area contributed by atoms with Crippen molar-refractivity contribution in [1.29, 1.82) is 0 Å². The number of carbonyl (C=O) groups is 1. The summed E-state index contributed by atoms with van der Waals surface area (Å²) in [6.45, 7) is 6.54. The van der Waals surface area contributed by atoms with Crippen molar-refractivity contribution in [1.82, 2.24) is 9.72 Å². The molecule has 3 rings (SSSR count). The van der Waals surface area contributed by atoms with Gasteiger partial charge in [-0.15, -0.1) is 0 Å². The van der Waals surface area contributed by atoms with E-state index in [2.05, 4.69) is 43.4 Å². The molecule has 0 amide bonds. The second-order valence-electron chi connectivity index (χ2n) is 7.50. The Hall–Kier alpha value is -2.39. The lowest BCUT2D eigenvalue weighted by molar-refractivity contribution is 0.103. The van der Waals surface area contributed by atoms with Gasteiger partial charge in [0.15, 0.2) is 0 Å². The Bertz CT molecular complexity index is 893. The molecule has 0 saturated heterocycles. The average Bonchev–Trinajstić information content (AvgIpc) is 3.09. The van der Waals surface area contributed by atoms with E-state index in [1.165, 1.54) is 24.8 Å². The maximum absolute atomic E-state index is 13.3. The molecule has 0 spiro atoms. The molecule has 0 unspecified atom stereocenters. The van der Waals surface area contributed by atoms with Crippen LogP contribution in [-0.4, -0.2) is 23.3 Å². The summed E-state index contributed by atoms with van der Waals surface area (Å²) < 4.78 is 2.03. The van der Waals surface area contributed by atoms with Gasteiger partial charge < -0.3 is 9.72 Å². The van der Waals surface area contributed by atoms with Gasteiger partial charge in [-0.1, -0.05) is 50.6 Å². The van der Waals surface area contributed by atoms with E-state index in [9.17, 15) is 4.79 Å². The number of benzene rings is 1. The highest BCUT2D eigenvalue weighted by molar-refractivity contribution is 6.09. The minimum Gasteiger partial charge on any atom is -0.317 e. The van der Waals surface area contributed by atoms with Crippen LogP contribution in [0.15, 0.2) is 54.7 Å². The highest BCUT2D eigenvalue weighted by atomic mass is 16.1. The predicted octanol–water partition coefficient (Wildman–Crippen LogP) is 5.45. The molecule has 3 nitrogen and oxygen atoms in total. The highest BCUT2D eigenvalue weighted by Gasteiger charge is 2.18. The van der Waals surface area contributed by atoms with Crippen LogP contribution in [0.25, 0.3) is 5.52 Å². The van der Waals surface area contributed by atoms with Gasteiger partial charge in [-0.2, -0.15) is 0 Å². The Kier molecular flexibility index (Phi) is 7.44. The number of rotatable bonds is 11. The van der Waals surface area contributed by atoms with E-state index in [-0.39, 0.29) is 5.78 Å². The molecule has 0 radical (unpaired) electrons. The first-order chi connectivity index (χ1) is 13.7. The molecular weight excluding hydrogens is 344 g/mol. The molecule has 148 valence electrons. The van der Waals surface area contributed by atoms with E-state index in [1.54, 1.807) is 0 Å². The molecule has 0 bridgehead atoms. The summed E-state index contributed by atoms with van der Waals surface area (Å²) in [5.74, 6) is 0.116. The number of aromatic nitrogens is 1. The van der Waals surface area contributed by atoms with Crippen molar-refractivity contribution in [2.24, 2.45) is 0 Å². The van der Waals surface area contributed by atoms with Gasteiger partial charge in [0.05, 0.1) is 5.69 Å². The van der Waals surface area contributed by atoms with Crippen LogP contribution in [0, 0.1) is 0 Å². The first-order valence-electron chi connectivity index (χ1n) is 10.7. The third-order valence-electron chi connectivity index (χ3n) is 5.20. The molecule has 0 fully saturated rings. The van der Waals surface area contributed by atoms with Gasteiger partial charge in [0.1, 0.15) is 0 Å². The van der Waals surface area contributed by atoms with Crippen LogP contribution in [0.2, 0.25) is 0 Å². The van der Waals surface area contributed by atoms with E-state index in [4.69, 9.17) is 0 Å². The molecule has 2 heterocycles. The summed E-state index contributed by atoms with van der Waals surface area (Å²) in [5.41, 5.74) is 5.12. The molecule has 0 aliphatic heterocycles. The molecule has 28 heavy (non-hydrogen) atoms. The standard InChI is InChI=1S/C25H32N2O/c1-3-9-22-19-23-11-6-8-18-27(23)24(22)25(28)21-14-12-20(13-15-21)10-5-7-17-26-16-4-2/h6,8,11-15,18-19,26H,3-5,7,9-10,16-17H2,1-2H3. The van der Waals surface area contributed by atoms with Crippen molar-refractivity contribution in [2.75, 3.05) is 13.1 Å². The third kappa shape index (κ3) is 4.90. The van der Waals surface area contributed by atoms with E-state index >= 15 is 0 Å². The Labute approximate surface area is 168 Å². The van der Waals surface area contributed by atoms with Crippen molar-refractivity contribution in [3.63, 3.8) is 0 Å². The molecule has 2 aromatic heterocycles. The van der Waals surface area contributed by atoms with Crippen LogP contribution in [0.5, 0.6) is 0 Å². The first-order valence-corrected chi connectivity index (χ1v) is 10.7. The molecule has 0 atom stereocenters. The van der Waals surface area contributed by atoms with E-state index in [1.807, 2.05) is 34.9 Å². The number of nitrogens with zero attached hydrogens (tertiary/aromatic N) is 1. The molecule has 3 heteroatoms. The summed E-state index contributed by atoms with van der Waals surface area (Å²) in [4.78, 5) is 13.3. The monoisotopic (exact) mass is 376 g/mol. The zero-order valence-corrected chi connectivity index (χ0v) is 17.2. The summed E-state index contributed by atoms with van der Waals surface area (Å²) in [6.07, 6.45) is 8.56. The minimum absolute atomic E-state index is 0.116. The topological polar surface area (TPSA) is 33.5 Å². The number of nitrogens with one attached hydrogen (secondary N) is 1. The molecular formula is C25H32N2O. The zero-order chi connectivity index (χ0) is 19.8. The number of unbranched alkanes of at least 4 members (excludes halogenated alkanes) is 1. The lowest BCUT2D eigenvalue weighted by Gasteiger charge is -2.07. The molecule has 1 aromatic carbocycles.